The molecule has 0 saturated carbocycles. The minimum atomic E-state index is -0.903. The average Bonchev–Trinajstić information content (AvgIpc) is 2.56. The molecule has 7 heteroatoms. The Kier molecular flexibility index (Phi) is 4.04. The van der Waals surface area contributed by atoms with Gasteiger partial charge in [0.15, 0.2) is 6.10 Å². The molecule has 1 aliphatic rings. The molecule has 0 amide bonds. The summed E-state index contributed by atoms with van der Waals surface area (Å²) in [5, 5.41) is 13.3. The topological polar surface area (TPSA) is 67.6 Å². The van der Waals surface area contributed by atoms with Crippen molar-refractivity contribution in [2.45, 2.75) is 19.6 Å². The normalized spacial score (nSPS) is 21.2. The van der Waals surface area contributed by atoms with Crippen LogP contribution in [0.15, 0.2) is 4.47 Å². The molecule has 0 aromatic carbocycles. The molecule has 100 valence electrons. The highest BCUT2D eigenvalue weighted by molar-refractivity contribution is 9.10. The molecule has 1 fully saturated rings. The Morgan fingerprint density at radius 3 is 2.94 bits per heavy atom. The van der Waals surface area contributed by atoms with Crippen LogP contribution in [0.5, 0.6) is 0 Å². The zero-order valence-electron chi connectivity index (χ0n) is 10.4. The van der Waals surface area contributed by atoms with Gasteiger partial charge in [-0.1, -0.05) is 0 Å². The minimum absolute atomic E-state index is 0.409. The second-order valence-corrected chi connectivity index (χ2v) is 5.20. The fraction of sp³-hybridized carbons (Fsp3) is 0.636. The molecule has 1 atom stereocenters. The monoisotopic (exact) mass is 317 g/mol. The summed E-state index contributed by atoms with van der Waals surface area (Å²) in [6.07, 6.45) is -0.730. The number of carboxylic acids is 1. The molecular formula is C11H16BrN3O3. The molecule has 18 heavy (non-hydrogen) atoms. The molecule has 0 aliphatic carbocycles. The lowest BCUT2D eigenvalue weighted by atomic mass is 10.2. The van der Waals surface area contributed by atoms with E-state index in [9.17, 15) is 4.79 Å². The van der Waals surface area contributed by atoms with Gasteiger partial charge in [0, 0.05) is 26.7 Å². The molecule has 1 aromatic heterocycles. The predicted molar refractivity (Wildman–Crippen MR) is 68.3 cm³/mol. The van der Waals surface area contributed by atoms with Gasteiger partial charge in [-0.05, 0) is 22.9 Å². The number of morpholine rings is 1. The molecule has 6 nitrogen and oxygen atoms in total. The van der Waals surface area contributed by atoms with Crippen molar-refractivity contribution in [3.8, 4) is 0 Å². The molecule has 0 bridgehead atoms. The van der Waals surface area contributed by atoms with E-state index in [4.69, 9.17) is 9.84 Å². The molecule has 1 saturated heterocycles. The summed E-state index contributed by atoms with van der Waals surface area (Å²) in [6.45, 7) is 4.20. The Balaban J connectivity index is 2.07. The number of aromatic nitrogens is 2. The third kappa shape index (κ3) is 2.73. The zero-order valence-corrected chi connectivity index (χ0v) is 12.0. The van der Waals surface area contributed by atoms with Gasteiger partial charge in [-0.2, -0.15) is 5.10 Å². The summed E-state index contributed by atoms with van der Waals surface area (Å²) >= 11 is 3.51. The number of carboxylic acid groups (broad SMARTS) is 1. The lowest BCUT2D eigenvalue weighted by Crippen LogP contribution is -2.45. The lowest BCUT2D eigenvalue weighted by molar-refractivity contribution is -0.156. The maximum absolute atomic E-state index is 10.9. The van der Waals surface area contributed by atoms with E-state index >= 15 is 0 Å². The SMILES string of the molecule is Cc1nn(C)c(CN2CCOC(C(=O)O)C2)c1Br. The zero-order chi connectivity index (χ0) is 13.3. The number of rotatable bonds is 3. The van der Waals surface area contributed by atoms with Gasteiger partial charge in [-0.25, -0.2) is 4.79 Å². The van der Waals surface area contributed by atoms with Gasteiger partial charge < -0.3 is 9.84 Å². The van der Waals surface area contributed by atoms with Crippen LogP contribution in [-0.4, -0.2) is 51.6 Å². The number of aliphatic carboxylic acids is 1. The first-order valence-corrected chi connectivity index (χ1v) is 6.53. The number of hydrogen-bond acceptors (Lipinski definition) is 4. The largest absolute Gasteiger partial charge is 0.479 e. The smallest absolute Gasteiger partial charge is 0.334 e. The van der Waals surface area contributed by atoms with Crippen LogP contribution in [-0.2, 0) is 23.1 Å². The molecule has 1 N–H and O–H groups in total. The fourth-order valence-corrected chi connectivity index (χ4v) is 2.52. The van der Waals surface area contributed by atoms with E-state index in [1.807, 2.05) is 18.7 Å². The Labute approximate surface area is 114 Å². The van der Waals surface area contributed by atoms with Crippen molar-refractivity contribution in [2.75, 3.05) is 19.7 Å². The Morgan fingerprint density at radius 2 is 2.39 bits per heavy atom. The first-order valence-electron chi connectivity index (χ1n) is 5.73. The van der Waals surface area contributed by atoms with Gasteiger partial charge in [-0.3, -0.25) is 9.58 Å². The van der Waals surface area contributed by atoms with E-state index in [1.54, 1.807) is 0 Å². The van der Waals surface area contributed by atoms with Gasteiger partial charge in [0.1, 0.15) is 0 Å². The number of aryl methyl sites for hydroxylation is 2. The van der Waals surface area contributed by atoms with Crippen LogP contribution >= 0.6 is 15.9 Å². The van der Waals surface area contributed by atoms with Crippen LogP contribution in [0.3, 0.4) is 0 Å². The van der Waals surface area contributed by atoms with Crippen molar-refractivity contribution < 1.29 is 14.6 Å². The third-order valence-electron chi connectivity index (χ3n) is 3.06. The number of halogens is 1. The van der Waals surface area contributed by atoms with Gasteiger partial charge >= 0.3 is 5.97 Å². The molecule has 0 spiro atoms. The van der Waals surface area contributed by atoms with E-state index in [-0.39, 0.29) is 0 Å². The minimum Gasteiger partial charge on any atom is -0.479 e. The van der Waals surface area contributed by atoms with Crippen molar-refractivity contribution in [1.29, 1.82) is 0 Å². The van der Waals surface area contributed by atoms with E-state index in [2.05, 4.69) is 25.9 Å². The lowest BCUT2D eigenvalue weighted by Gasteiger charge is -2.30. The van der Waals surface area contributed by atoms with Crippen LogP contribution in [0, 0.1) is 6.92 Å². The van der Waals surface area contributed by atoms with Gasteiger partial charge in [0.2, 0.25) is 0 Å². The molecule has 2 rings (SSSR count). The summed E-state index contributed by atoms with van der Waals surface area (Å²) in [6, 6.07) is 0. The quantitative estimate of drug-likeness (QED) is 0.892. The van der Waals surface area contributed by atoms with Crippen LogP contribution < -0.4 is 0 Å². The van der Waals surface area contributed by atoms with Crippen LogP contribution in [0.1, 0.15) is 11.4 Å². The summed E-state index contributed by atoms with van der Waals surface area (Å²) < 4.78 is 8.01. The van der Waals surface area contributed by atoms with E-state index < -0.39 is 12.1 Å². The number of hydrogen-bond donors (Lipinski definition) is 1. The first-order chi connectivity index (χ1) is 8.49. The predicted octanol–water partition coefficient (Wildman–Crippen LogP) is 0.776. The van der Waals surface area contributed by atoms with Gasteiger partial charge in [-0.15, -0.1) is 0 Å². The summed E-state index contributed by atoms with van der Waals surface area (Å²) in [5.74, 6) is -0.903. The molecular weight excluding hydrogens is 302 g/mol. The number of nitrogens with zero attached hydrogens (tertiary/aromatic N) is 3. The highest BCUT2D eigenvalue weighted by Crippen LogP contribution is 2.22. The van der Waals surface area contributed by atoms with Gasteiger partial charge in [0.25, 0.3) is 0 Å². The van der Waals surface area contributed by atoms with E-state index in [0.717, 1.165) is 22.4 Å². The second-order valence-electron chi connectivity index (χ2n) is 4.40. The maximum Gasteiger partial charge on any atom is 0.334 e. The van der Waals surface area contributed by atoms with Crippen molar-refractivity contribution in [3.63, 3.8) is 0 Å². The summed E-state index contributed by atoms with van der Waals surface area (Å²) in [7, 11) is 1.89. The van der Waals surface area contributed by atoms with Crippen LogP contribution in [0.4, 0.5) is 0 Å². The third-order valence-corrected chi connectivity index (χ3v) is 4.09. The summed E-state index contributed by atoms with van der Waals surface area (Å²) in [5.41, 5.74) is 1.99. The molecule has 1 unspecified atom stereocenters. The van der Waals surface area contributed by atoms with Crippen LogP contribution in [0.2, 0.25) is 0 Å². The first kappa shape index (κ1) is 13.5. The van der Waals surface area contributed by atoms with Crippen molar-refractivity contribution >= 4 is 21.9 Å². The average molecular weight is 318 g/mol. The molecule has 0 radical (unpaired) electrons. The van der Waals surface area contributed by atoms with Crippen molar-refractivity contribution in [3.05, 3.63) is 15.9 Å². The number of ether oxygens (including phenoxy) is 1. The van der Waals surface area contributed by atoms with Crippen molar-refractivity contribution in [1.82, 2.24) is 14.7 Å². The highest BCUT2D eigenvalue weighted by Gasteiger charge is 2.27. The van der Waals surface area contributed by atoms with Gasteiger partial charge in [0.05, 0.1) is 22.5 Å². The molecule has 2 heterocycles. The van der Waals surface area contributed by atoms with Crippen molar-refractivity contribution in [2.24, 2.45) is 7.05 Å². The molecule has 1 aromatic rings. The standard InChI is InChI=1S/C11H16BrN3O3/c1-7-10(12)8(14(2)13-7)5-15-3-4-18-9(6-15)11(16)17/h9H,3-6H2,1-2H3,(H,16,17). The fourth-order valence-electron chi connectivity index (χ4n) is 2.06. The Morgan fingerprint density at radius 1 is 1.67 bits per heavy atom. The molecule has 1 aliphatic heterocycles. The second kappa shape index (κ2) is 5.38. The Bertz CT molecular complexity index is 461. The number of carbonyl (C=O) groups is 1. The van der Waals surface area contributed by atoms with E-state index in [0.29, 0.717) is 19.7 Å². The van der Waals surface area contributed by atoms with Crippen LogP contribution in [0.25, 0.3) is 0 Å². The maximum atomic E-state index is 10.9. The van der Waals surface area contributed by atoms with E-state index in [1.165, 1.54) is 0 Å². The highest BCUT2D eigenvalue weighted by atomic mass is 79.9. The summed E-state index contributed by atoms with van der Waals surface area (Å²) in [4.78, 5) is 13.0. The Hall–Kier alpha value is -0.920.